The molecule has 0 bridgehead atoms. The molecule has 1 heterocycles. The van der Waals surface area contributed by atoms with Gasteiger partial charge in [0.05, 0.1) is 0 Å². The molecule has 1 aliphatic rings. The zero-order chi connectivity index (χ0) is 15.0. The summed E-state index contributed by atoms with van der Waals surface area (Å²) >= 11 is 0. The van der Waals surface area contributed by atoms with E-state index in [9.17, 15) is 4.79 Å². The van der Waals surface area contributed by atoms with Crippen LogP contribution in [0.5, 0.6) is 0 Å². The molecule has 0 saturated carbocycles. The molecule has 0 fully saturated rings. The summed E-state index contributed by atoms with van der Waals surface area (Å²) in [6, 6.07) is 13.9. The zero-order valence-corrected chi connectivity index (χ0v) is 12.9. The van der Waals surface area contributed by atoms with E-state index in [1.807, 2.05) is 30.3 Å². The van der Waals surface area contributed by atoms with Crippen LogP contribution in [0.3, 0.4) is 0 Å². The first-order valence-electron chi connectivity index (χ1n) is 7.47. The van der Waals surface area contributed by atoms with Crippen LogP contribution in [0.15, 0.2) is 42.5 Å². The molecule has 2 nitrogen and oxygen atoms in total. The Kier molecular flexibility index (Phi) is 3.32. The van der Waals surface area contributed by atoms with E-state index < -0.39 is 0 Å². The monoisotopic (exact) mass is 279 g/mol. The number of hydrogen-bond donors (Lipinski definition) is 1. The molecule has 0 spiro atoms. The van der Waals surface area contributed by atoms with E-state index in [-0.39, 0.29) is 11.2 Å². The molecule has 2 aromatic carbocycles. The van der Waals surface area contributed by atoms with Gasteiger partial charge in [0.1, 0.15) is 0 Å². The number of benzene rings is 2. The minimum atomic E-state index is 0.102. The Morgan fingerprint density at radius 2 is 1.67 bits per heavy atom. The summed E-state index contributed by atoms with van der Waals surface area (Å²) in [5.74, 6) is 0.102. The highest BCUT2D eigenvalue weighted by atomic mass is 16.1. The molecule has 0 aromatic heterocycles. The van der Waals surface area contributed by atoms with Crippen molar-refractivity contribution in [2.24, 2.45) is 0 Å². The Labute approximate surface area is 126 Å². The van der Waals surface area contributed by atoms with E-state index >= 15 is 0 Å². The summed E-state index contributed by atoms with van der Waals surface area (Å²) < 4.78 is 0. The Bertz CT molecular complexity index is 678. The molecule has 0 unspecified atom stereocenters. The van der Waals surface area contributed by atoms with Crippen molar-refractivity contribution in [3.8, 4) is 0 Å². The van der Waals surface area contributed by atoms with Crippen LogP contribution in [0, 0.1) is 0 Å². The normalized spacial score (nSPS) is 13.7. The lowest BCUT2D eigenvalue weighted by Crippen LogP contribution is -2.11. The van der Waals surface area contributed by atoms with E-state index in [0.717, 1.165) is 29.8 Å². The number of ketones is 1. The molecule has 0 aliphatic carbocycles. The van der Waals surface area contributed by atoms with E-state index in [1.165, 1.54) is 11.1 Å². The minimum absolute atomic E-state index is 0.102. The maximum atomic E-state index is 12.6. The third-order valence-corrected chi connectivity index (χ3v) is 4.09. The van der Waals surface area contributed by atoms with Crippen LogP contribution in [0.1, 0.15) is 47.8 Å². The van der Waals surface area contributed by atoms with Crippen LogP contribution < -0.4 is 5.32 Å². The quantitative estimate of drug-likeness (QED) is 0.835. The molecular formula is C19H21NO. The number of rotatable bonds is 2. The van der Waals surface area contributed by atoms with Crippen LogP contribution in [-0.2, 0) is 11.8 Å². The van der Waals surface area contributed by atoms with Gasteiger partial charge in [-0.2, -0.15) is 0 Å². The molecule has 0 amide bonds. The first-order chi connectivity index (χ1) is 9.95. The second kappa shape index (κ2) is 5.03. The number of carbonyl (C=O) groups is 1. The second-order valence-corrected chi connectivity index (χ2v) is 6.71. The van der Waals surface area contributed by atoms with Gasteiger partial charge in [0.15, 0.2) is 5.78 Å². The highest BCUT2D eigenvalue weighted by Gasteiger charge is 2.17. The number of anilines is 1. The first kappa shape index (κ1) is 13.9. The van der Waals surface area contributed by atoms with Crippen molar-refractivity contribution < 1.29 is 4.79 Å². The van der Waals surface area contributed by atoms with Gasteiger partial charge in [-0.15, -0.1) is 0 Å². The predicted octanol–water partition coefficient (Wildman–Crippen LogP) is 4.18. The average molecular weight is 279 g/mol. The van der Waals surface area contributed by atoms with Gasteiger partial charge in [0.25, 0.3) is 0 Å². The lowest BCUT2D eigenvalue weighted by Gasteiger charge is -2.19. The second-order valence-electron chi connectivity index (χ2n) is 6.71. The van der Waals surface area contributed by atoms with Crippen LogP contribution in [0.4, 0.5) is 5.69 Å². The maximum Gasteiger partial charge on any atom is 0.193 e. The third-order valence-electron chi connectivity index (χ3n) is 4.09. The van der Waals surface area contributed by atoms with Crippen LogP contribution in [0.25, 0.3) is 0 Å². The summed E-state index contributed by atoms with van der Waals surface area (Å²) in [5, 5.41) is 3.32. The fourth-order valence-corrected chi connectivity index (χ4v) is 2.73. The van der Waals surface area contributed by atoms with Gasteiger partial charge in [-0.05, 0) is 41.2 Å². The first-order valence-corrected chi connectivity index (χ1v) is 7.47. The summed E-state index contributed by atoms with van der Waals surface area (Å²) in [5.41, 5.74) is 5.30. The van der Waals surface area contributed by atoms with E-state index in [2.05, 4.69) is 38.2 Å². The third kappa shape index (κ3) is 2.71. The smallest absolute Gasteiger partial charge is 0.193 e. The SMILES string of the molecule is CC(C)(C)c1ccc(C(=O)c2ccc3c(c2)CCN3)cc1. The lowest BCUT2D eigenvalue weighted by molar-refractivity contribution is 0.103. The molecule has 21 heavy (non-hydrogen) atoms. The Morgan fingerprint density at radius 1 is 1.00 bits per heavy atom. The molecule has 0 radical (unpaired) electrons. The van der Waals surface area contributed by atoms with Gasteiger partial charge >= 0.3 is 0 Å². The highest BCUT2D eigenvalue weighted by molar-refractivity contribution is 6.09. The van der Waals surface area contributed by atoms with Gasteiger partial charge in [0.2, 0.25) is 0 Å². The van der Waals surface area contributed by atoms with Gasteiger partial charge in [0, 0.05) is 23.4 Å². The molecule has 3 rings (SSSR count). The average Bonchev–Trinajstić information content (AvgIpc) is 2.93. The maximum absolute atomic E-state index is 12.6. The van der Waals surface area contributed by atoms with Gasteiger partial charge < -0.3 is 5.32 Å². The molecule has 0 saturated heterocycles. The number of nitrogens with one attached hydrogen (secondary N) is 1. The fourth-order valence-electron chi connectivity index (χ4n) is 2.73. The summed E-state index contributed by atoms with van der Waals surface area (Å²) in [6.45, 7) is 7.50. The number of carbonyl (C=O) groups excluding carboxylic acids is 1. The van der Waals surface area contributed by atoms with Gasteiger partial charge in [-0.3, -0.25) is 4.79 Å². The Balaban J connectivity index is 1.88. The molecule has 1 N–H and O–H groups in total. The molecule has 0 atom stereocenters. The summed E-state index contributed by atoms with van der Waals surface area (Å²) in [6.07, 6.45) is 0.999. The van der Waals surface area contributed by atoms with E-state index in [0.29, 0.717) is 0 Å². The Hall–Kier alpha value is -2.09. The standard InChI is InChI=1S/C19H21NO/c1-19(2,3)16-7-4-13(5-8-16)18(21)15-6-9-17-14(12-15)10-11-20-17/h4-9,12,20H,10-11H2,1-3H3. The Morgan fingerprint density at radius 3 is 2.33 bits per heavy atom. The largest absolute Gasteiger partial charge is 0.384 e. The van der Waals surface area contributed by atoms with E-state index in [4.69, 9.17) is 0 Å². The molecular weight excluding hydrogens is 258 g/mol. The van der Waals surface area contributed by atoms with Crippen molar-refractivity contribution >= 4 is 11.5 Å². The van der Waals surface area contributed by atoms with Crippen molar-refractivity contribution in [3.05, 3.63) is 64.7 Å². The topological polar surface area (TPSA) is 29.1 Å². The van der Waals surface area contributed by atoms with Crippen LogP contribution in [-0.4, -0.2) is 12.3 Å². The molecule has 1 aliphatic heterocycles. The minimum Gasteiger partial charge on any atom is -0.384 e. The number of fused-ring (bicyclic) bond motifs is 1. The molecule has 2 aromatic rings. The van der Waals surface area contributed by atoms with Crippen molar-refractivity contribution in [2.75, 3.05) is 11.9 Å². The summed E-state index contributed by atoms with van der Waals surface area (Å²) in [7, 11) is 0. The van der Waals surface area contributed by atoms with Crippen LogP contribution in [0.2, 0.25) is 0 Å². The predicted molar refractivity (Wildman–Crippen MR) is 87.2 cm³/mol. The van der Waals surface area contributed by atoms with Crippen molar-refractivity contribution in [2.45, 2.75) is 32.6 Å². The molecule has 2 heteroatoms. The van der Waals surface area contributed by atoms with Crippen LogP contribution >= 0.6 is 0 Å². The van der Waals surface area contributed by atoms with E-state index in [1.54, 1.807) is 0 Å². The summed E-state index contributed by atoms with van der Waals surface area (Å²) in [4.78, 5) is 12.6. The van der Waals surface area contributed by atoms with Crippen molar-refractivity contribution in [3.63, 3.8) is 0 Å². The van der Waals surface area contributed by atoms with Gasteiger partial charge in [-0.1, -0.05) is 45.0 Å². The number of hydrogen-bond acceptors (Lipinski definition) is 2. The van der Waals surface area contributed by atoms with Gasteiger partial charge in [-0.25, -0.2) is 0 Å². The fraction of sp³-hybridized carbons (Fsp3) is 0.316. The lowest BCUT2D eigenvalue weighted by atomic mass is 9.86. The van der Waals surface area contributed by atoms with Crippen molar-refractivity contribution in [1.29, 1.82) is 0 Å². The highest BCUT2D eigenvalue weighted by Crippen LogP contribution is 2.26. The van der Waals surface area contributed by atoms with Crippen molar-refractivity contribution in [1.82, 2.24) is 0 Å². The molecule has 108 valence electrons. The zero-order valence-electron chi connectivity index (χ0n) is 12.9.